The minimum absolute atomic E-state index is 0.0812. The number of aliphatic carboxylic acids is 1. The fraction of sp³-hybridized carbons (Fsp3) is 0.368. The Kier molecular flexibility index (Phi) is 8.32. The van der Waals surface area contributed by atoms with Crippen molar-refractivity contribution in [1.29, 1.82) is 0 Å². The molecule has 17 heteroatoms. The number of nitrogens with one attached hydrogen (secondary N) is 2. The number of β-lactam (4-membered cyclic amide) rings is 1. The summed E-state index contributed by atoms with van der Waals surface area (Å²) in [6.45, 7) is 0.510. The number of nitrogens with two attached hydrogens (primary N) is 1. The molecule has 1 unspecified atom stereocenters. The van der Waals surface area contributed by atoms with Crippen molar-refractivity contribution in [1.82, 2.24) is 40.7 Å². The molecule has 0 aromatic carbocycles. The van der Waals surface area contributed by atoms with Gasteiger partial charge in [-0.25, -0.2) is 14.3 Å². The van der Waals surface area contributed by atoms with E-state index in [1.54, 1.807) is 24.5 Å². The normalized spacial score (nSPS) is 18.9. The topological polar surface area (TPSA) is 198 Å². The highest BCUT2D eigenvalue weighted by Gasteiger charge is 2.54. The highest BCUT2D eigenvalue weighted by atomic mass is 32.2. The zero-order chi connectivity index (χ0) is 25.7. The first-order chi connectivity index (χ1) is 17.3. The second-order valence-corrected chi connectivity index (χ2v) is 10.5. The van der Waals surface area contributed by atoms with Crippen LogP contribution >= 0.6 is 35.3 Å². The lowest BCUT2D eigenvalue weighted by atomic mass is 10.0. The highest BCUT2D eigenvalue weighted by molar-refractivity contribution is 8.01. The van der Waals surface area contributed by atoms with Crippen molar-refractivity contribution in [2.45, 2.75) is 28.0 Å². The van der Waals surface area contributed by atoms with Crippen molar-refractivity contribution in [3.8, 4) is 0 Å². The quantitative estimate of drug-likeness (QED) is 0.204. The molecule has 5 N–H and O–H groups in total. The minimum atomic E-state index is -1.22. The van der Waals surface area contributed by atoms with Crippen LogP contribution in [0.5, 0.6) is 0 Å². The monoisotopic (exact) mass is 551 g/mol. The van der Waals surface area contributed by atoms with E-state index in [4.69, 9.17) is 5.73 Å². The molecule has 2 aliphatic rings. The zero-order valence-corrected chi connectivity index (χ0v) is 21.0. The minimum Gasteiger partial charge on any atom is -0.477 e. The van der Waals surface area contributed by atoms with E-state index in [0.29, 0.717) is 16.5 Å². The van der Waals surface area contributed by atoms with E-state index in [9.17, 15) is 24.3 Å². The molecule has 36 heavy (non-hydrogen) atoms. The summed E-state index contributed by atoms with van der Waals surface area (Å²) in [5.41, 5.74) is 5.51. The third-order valence-electron chi connectivity index (χ3n) is 5.08. The Bertz CT molecular complexity index is 1190. The van der Waals surface area contributed by atoms with Gasteiger partial charge in [0, 0.05) is 35.3 Å². The first kappa shape index (κ1) is 25.8. The lowest BCUT2D eigenvalue weighted by molar-refractivity contribution is -0.150. The van der Waals surface area contributed by atoms with Crippen molar-refractivity contribution >= 4 is 59.1 Å². The van der Waals surface area contributed by atoms with E-state index in [1.807, 2.05) is 0 Å². The molecule has 190 valence electrons. The average Bonchev–Trinajstić information content (AvgIpc) is 3.31. The van der Waals surface area contributed by atoms with Crippen molar-refractivity contribution in [3.63, 3.8) is 0 Å². The maximum atomic E-state index is 12.8. The van der Waals surface area contributed by atoms with Crippen LogP contribution in [0.4, 0.5) is 4.79 Å². The molecule has 0 bridgehead atoms. The highest BCUT2D eigenvalue weighted by Crippen LogP contribution is 2.41. The van der Waals surface area contributed by atoms with Gasteiger partial charge in [0.2, 0.25) is 11.1 Å². The van der Waals surface area contributed by atoms with Crippen LogP contribution in [0.3, 0.4) is 0 Å². The van der Waals surface area contributed by atoms with Gasteiger partial charge in [-0.05, 0) is 28.1 Å². The van der Waals surface area contributed by atoms with Crippen molar-refractivity contribution in [2.75, 3.05) is 23.8 Å². The number of amides is 4. The van der Waals surface area contributed by atoms with E-state index in [0.717, 1.165) is 4.90 Å². The van der Waals surface area contributed by atoms with E-state index in [2.05, 4.69) is 31.1 Å². The smallest absolute Gasteiger partial charge is 0.352 e. The Labute approximate surface area is 217 Å². The van der Waals surface area contributed by atoms with Crippen LogP contribution < -0.4 is 16.4 Å². The number of tetrazole rings is 1. The van der Waals surface area contributed by atoms with Gasteiger partial charge in [-0.3, -0.25) is 19.5 Å². The Hall–Kier alpha value is -3.31. The number of carbonyl (C=O) groups excluding carboxylic acids is 3. The number of hydrogen-bond donors (Lipinski definition) is 4. The van der Waals surface area contributed by atoms with Crippen LogP contribution in [0.25, 0.3) is 0 Å². The number of primary amides is 1. The van der Waals surface area contributed by atoms with Gasteiger partial charge >= 0.3 is 12.0 Å². The number of thioether (sulfide) groups is 3. The summed E-state index contributed by atoms with van der Waals surface area (Å²) in [7, 11) is 0. The van der Waals surface area contributed by atoms with Gasteiger partial charge < -0.3 is 21.5 Å². The molecule has 4 rings (SSSR count). The van der Waals surface area contributed by atoms with Gasteiger partial charge in [0.15, 0.2) is 0 Å². The first-order valence-corrected chi connectivity index (χ1v) is 13.5. The van der Waals surface area contributed by atoms with Crippen molar-refractivity contribution in [2.24, 2.45) is 5.73 Å². The van der Waals surface area contributed by atoms with Crippen LogP contribution in [0.1, 0.15) is 0 Å². The fourth-order valence-corrected chi connectivity index (χ4v) is 6.55. The fourth-order valence-electron chi connectivity index (χ4n) is 3.47. The largest absolute Gasteiger partial charge is 0.477 e. The number of carboxylic acids is 1. The van der Waals surface area contributed by atoms with E-state index >= 15 is 0 Å². The number of hydrogen-bond acceptors (Lipinski definition) is 11. The molecule has 0 spiro atoms. The molecule has 0 aliphatic carbocycles. The van der Waals surface area contributed by atoms with Gasteiger partial charge in [0.05, 0.1) is 12.3 Å². The maximum Gasteiger partial charge on any atom is 0.352 e. The Morgan fingerprint density at radius 1 is 1.25 bits per heavy atom. The van der Waals surface area contributed by atoms with Crippen LogP contribution in [-0.2, 0) is 20.9 Å². The molecular weight excluding hydrogens is 530 g/mol. The van der Waals surface area contributed by atoms with Crippen LogP contribution in [-0.4, -0.2) is 94.2 Å². The number of pyridine rings is 1. The standard InChI is InChI=1S/C19H21N9O5S3/c20-18(33)22-5-6-27-19(24-25-26-27)36-8-10-7-35-16-13(15(30)28(16)14(10)17(31)32)23-12(29)9-34-11-1-3-21-4-2-11/h1-4,13,16H,5-9H2,(H,23,29)(H,31,32)(H3,20,22,33)/t13?,16-/m1/s1. The third kappa shape index (κ3) is 5.90. The van der Waals surface area contributed by atoms with Crippen LogP contribution in [0, 0.1) is 0 Å². The SMILES string of the molecule is NC(=O)NCCn1nnnc1SCC1=C(C(=O)O)N2C(=O)C(NC(=O)CSc3ccncc3)[C@H]2SC1. The summed E-state index contributed by atoms with van der Waals surface area (Å²) >= 11 is 3.93. The molecule has 0 saturated carbocycles. The number of nitrogens with zero attached hydrogens (tertiary/aromatic N) is 6. The van der Waals surface area contributed by atoms with Gasteiger partial charge in [-0.1, -0.05) is 11.8 Å². The summed E-state index contributed by atoms with van der Waals surface area (Å²) in [5.74, 6) is -1.25. The van der Waals surface area contributed by atoms with E-state index in [-0.39, 0.29) is 36.2 Å². The molecule has 2 aromatic rings. The lowest BCUT2D eigenvalue weighted by Gasteiger charge is -2.49. The second-order valence-electron chi connectivity index (χ2n) is 7.45. The van der Waals surface area contributed by atoms with Crippen LogP contribution in [0.15, 0.2) is 45.8 Å². The summed E-state index contributed by atoms with van der Waals surface area (Å²) in [6.07, 6.45) is 3.26. The van der Waals surface area contributed by atoms with E-state index in [1.165, 1.54) is 44.9 Å². The second kappa shape index (κ2) is 11.6. The predicted octanol–water partition coefficient (Wildman–Crippen LogP) is -0.641. The molecule has 0 radical (unpaired) electrons. The van der Waals surface area contributed by atoms with E-state index < -0.39 is 29.3 Å². The third-order valence-corrected chi connectivity index (χ3v) is 8.48. The summed E-state index contributed by atoms with van der Waals surface area (Å²) in [5, 5.41) is 26.3. The van der Waals surface area contributed by atoms with Crippen molar-refractivity contribution in [3.05, 3.63) is 35.8 Å². The van der Waals surface area contributed by atoms with Gasteiger partial charge in [0.1, 0.15) is 17.1 Å². The summed E-state index contributed by atoms with van der Waals surface area (Å²) in [6, 6.07) is 2.12. The molecule has 1 saturated heterocycles. The Balaban J connectivity index is 1.36. The average molecular weight is 552 g/mol. The van der Waals surface area contributed by atoms with Gasteiger partial charge in [-0.2, -0.15) is 0 Å². The first-order valence-electron chi connectivity index (χ1n) is 10.5. The molecule has 2 aromatic heterocycles. The molecule has 2 atom stereocenters. The zero-order valence-electron chi connectivity index (χ0n) is 18.6. The Morgan fingerprint density at radius 2 is 2.03 bits per heavy atom. The van der Waals surface area contributed by atoms with Gasteiger partial charge in [0.25, 0.3) is 5.91 Å². The molecule has 1 fully saturated rings. The molecular formula is C19H21N9O5S3. The molecule has 14 nitrogen and oxygen atoms in total. The number of carboxylic acid groups (broad SMARTS) is 1. The molecule has 2 aliphatic heterocycles. The number of carbonyl (C=O) groups is 4. The van der Waals surface area contributed by atoms with Crippen molar-refractivity contribution < 1.29 is 24.3 Å². The summed E-state index contributed by atoms with van der Waals surface area (Å²) in [4.78, 5) is 54.1. The number of fused-ring (bicyclic) bond motifs is 1. The predicted molar refractivity (Wildman–Crippen MR) is 131 cm³/mol. The number of rotatable bonds is 11. The Morgan fingerprint density at radius 3 is 2.75 bits per heavy atom. The molecule has 4 amide bonds. The molecule has 4 heterocycles. The summed E-state index contributed by atoms with van der Waals surface area (Å²) < 4.78 is 1.46. The number of urea groups is 1. The number of aromatic nitrogens is 5. The van der Waals surface area contributed by atoms with Gasteiger partial charge in [-0.15, -0.1) is 28.6 Å². The maximum absolute atomic E-state index is 12.8. The van der Waals surface area contributed by atoms with Crippen LogP contribution in [0.2, 0.25) is 0 Å². The lowest BCUT2D eigenvalue weighted by Crippen LogP contribution is -2.70.